The number of amides is 1. The van der Waals surface area contributed by atoms with Crippen LogP contribution in [-0.2, 0) is 11.2 Å². The molecule has 0 radical (unpaired) electrons. The van der Waals surface area contributed by atoms with Crippen molar-refractivity contribution in [2.24, 2.45) is 4.99 Å². The van der Waals surface area contributed by atoms with Gasteiger partial charge in [-0.3, -0.25) is 9.79 Å². The summed E-state index contributed by atoms with van der Waals surface area (Å²) in [5.74, 6) is 1.05. The van der Waals surface area contributed by atoms with Gasteiger partial charge in [0.15, 0.2) is 5.96 Å². The monoisotopic (exact) mass is 458 g/mol. The van der Waals surface area contributed by atoms with Gasteiger partial charge in [-0.15, -0.1) is 24.0 Å². The summed E-state index contributed by atoms with van der Waals surface area (Å²) >= 11 is 0. The molecular formula is C19H31IN4O. The van der Waals surface area contributed by atoms with Crippen LogP contribution in [0.15, 0.2) is 23.2 Å². The van der Waals surface area contributed by atoms with E-state index in [0.717, 1.165) is 38.4 Å². The maximum Gasteiger partial charge on any atom is 0.222 e. The van der Waals surface area contributed by atoms with Crippen LogP contribution in [0, 0.1) is 13.8 Å². The number of benzene rings is 1. The number of hydrogen-bond acceptors (Lipinski definition) is 2. The zero-order chi connectivity index (χ0) is 17.5. The van der Waals surface area contributed by atoms with Crippen LogP contribution >= 0.6 is 24.0 Å². The zero-order valence-electron chi connectivity index (χ0n) is 15.8. The topological polar surface area (TPSA) is 56.7 Å². The SMILES string of the molecule is CCC(=O)N1CCC(NC(=NC)NCCc2ccc(C)cc2C)C1.I. The minimum Gasteiger partial charge on any atom is -0.356 e. The van der Waals surface area contributed by atoms with Gasteiger partial charge < -0.3 is 15.5 Å². The standard InChI is InChI=1S/C19H30N4O.HI/c1-5-18(24)23-11-9-17(13-23)22-19(20-4)21-10-8-16-7-6-14(2)12-15(16)3;/h6-7,12,17H,5,8-11,13H2,1-4H3,(H2,20,21,22);1H. The van der Waals surface area contributed by atoms with Crippen LogP contribution in [-0.4, -0.2) is 49.5 Å². The molecule has 1 aromatic carbocycles. The maximum absolute atomic E-state index is 11.8. The summed E-state index contributed by atoms with van der Waals surface area (Å²) < 4.78 is 0. The minimum absolute atomic E-state index is 0. The van der Waals surface area contributed by atoms with Crippen molar-refractivity contribution in [3.8, 4) is 0 Å². The molecule has 1 atom stereocenters. The molecule has 1 aliphatic rings. The van der Waals surface area contributed by atoms with E-state index in [1.807, 2.05) is 11.8 Å². The summed E-state index contributed by atoms with van der Waals surface area (Å²) in [5, 5.41) is 6.81. The summed E-state index contributed by atoms with van der Waals surface area (Å²) in [6.45, 7) is 8.64. The zero-order valence-corrected chi connectivity index (χ0v) is 18.1. The van der Waals surface area contributed by atoms with Gasteiger partial charge in [0.2, 0.25) is 5.91 Å². The number of aryl methyl sites for hydroxylation is 2. The minimum atomic E-state index is 0. The second-order valence-corrected chi connectivity index (χ2v) is 6.50. The number of nitrogens with one attached hydrogen (secondary N) is 2. The first-order valence-electron chi connectivity index (χ1n) is 8.84. The Balaban J connectivity index is 0.00000312. The molecule has 0 aromatic heterocycles. The number of rotatable bonds is 5. The van der Waals surface area contributed by atoms with Gasteiger partial charge in [-0.05, 0) is 37.8 Å². The number of carbonyl (C=O) groups excluding carboxylic acids is 1. The van der Waals surface area contributed by atoms with E-state index in [4.69, 9.17) is 0 Å². The number of likely N-dealkylation sites (tertiary alicyclic amines) is 1. The fourth-order valence-electron chi connectivity index (χ4n) is 3.16. The lowest BCUT2D eigenvalue weighted by Gasteiger charge is -2.19. The number of halogens is 1. The van der Waals surface area contributed by atoms with Crippen molar-refractivity contribution >= 4 is 35.8 Å². The summed E-state index contributed by atoms with van der Waals surface area (Å²) in [7, 11) is 1.79. The Bertz CT molecular complexity index is 603. The fraction of sp³-hybridized carbons (Fsp3) is 0.579. The molecule has 1 aromatic rings. The number of carbonyl (C=O) groups is 1. The van der Waals surface area contributed by atoms with Crippen molar-refractivity contribution in [2.45, 2.75) is 46.1 Å². The third kappa shape index (κ3) is 6.49. The normalized spacial score (nSPS) is 17.2. The van der Waals surface area contributed by atoms with Crippen molar-refractivity contribution in [1.82, 2.24) is 15.5 Å². The van der Waals surface area contributed by atoms with Gasteiger partial charge in [-0.25, -0.2) is 0 Å². The first-order chi connectivity index (χ1) is 11.5. The molecular weight excluding hydrogens is 427 g/mol. The number of aliphatic imine (C=N–C) groups is 1. The van der Waals surface area contributed by atoms with Crippen molar-refractivity contribution in [3.63, 3.8) is 0 Å². The van der Waals surface area contributed by atoms with E-state index in [-0.39, 0.29) is 35.9 Å². The van der Waals surface area contributed by atoms with Gasteiger partial charge >= 0.3 is 0 Å². The van der Waals surface area contributed by atoms with Gasteiger partial charge in [0.05, 0.1) is 0 Å². The average Bonchev–Trinajstić information content (AvgIpc) is 3.03. The van der Waals surface area contributed by atoms with E-state index in [0.29, 0.717) is 6.42 Å². The summed E-state index contributed by atoms with van der Waals surface area (Å²) in [6.07, 6.45) is 2.52. The highest BCUT2D eigenvalue weighted by Gasteiger charge is 2.25. The smallest absolute Gasteiger partial charge is 0.222 e. The predicted octanol–water partition coefficient (Wildman–Crippen LogP) is 2.64. The van der Waals surface area contributed by atoms with Crippen LogP contribution in [0.2, 0.25) is 0 Å². The first kappa shape index (κ1) is 21.7. The molecule has 1 saturated heterocycles. The third-order valence-electron chi connectivity index (χ3n) is 4.59. The Kier molecular flexibility index (Phi) is 9.24. The van der Waals surface area contributed by atoms with Crippen LogP contribution < -0.4 is 10.6 Å². The van der Waals surface area contributed by atoms with Gasteiger partial charge in [-0.2, -0.15) is 0 Å². The molecule has 0 saturated carbocycles. The highest BCUT2D eigenvalue weighted by Crippen LogP contribution is 2.11. The van der Waals surface area contributed by atoms with Crippen LogP contribution in [0.25, 0.3) is 0 Å². The Labute approximate surface area is 168 Å². The summed E-state index contributed by atoms with van der Waals surface area (Å²) in [5.41, 5.74) is 4.00. The molecule has 0 aliphatic carbocycles. The molecule has 2 rings (SSSR count). The largest absolute Gasteiger partial charge is 0.356 e. The van der Waals surface area contributed by atoms with Crippen LogP contribution in [0.5, 0.6) is 0 Å². The average molecular weight is 458 g/mol. The van der Waals surface area contributed by atoms with Gasteiger partial charge in [0, 0.05) is 39.1 Å². The predicted molar refractivity (Wildman–Crippen MR) is 115 cm³/mol. The molecule has 1 unspecified atom stereocenters. The van der Waals surface area contributed by atoms with E-state index in [1.165, 1.54) is 16.7 Å². The molecule has 1 fully saturated rings. The lowest BCUT2D eigenvalue weighted by atomic mass is 10.0. The van der Waals surface area contributed by atoms with Crippen molar-refractivity contribution in [1.29, 1.82) is 0 Å². The summed E-state index contributed by atoms with van der Waals surface area (Å²) in [4.78, 5) is 18.0. The van der Waals surface area contributed by atoms with E-state index in [9.17, 15) is 4.79 Å². The van der Waals surface area contributed by atoms with E-state index in [2.05, 4.69) is 47.7 Å². The Morgan fingerprint density at radius 1 is 1.36 bits per heavy atom. The molecule has 140 valence electrons. The highest BCUT2D eigenvalue weighted by atomic mass is 127. The number of guanidine groups is 1. The molecule has 6 heteroatoms. The number of nitrogens with zero attached hydrogens (tertiary/aromatic N) is 2. The fourth-order valence-corrected chi connectivity index (χ4v) is 3.16. The van der Waals surface area contributed by atoms with Crippen LogP contribution in [0.3, 0.4) is 0 Å². The van der Waals surface area contributed by atoms with Crippen molar-refractivity contribution < 1.29 is 4.79 Å². The number of hydrogen-bond donors (Lipinski definition) is 2. The Hall–Kier alpha value is -1.31. The van der Waals surface area contributed by atoms with Crippen LogP contribution in [0.4, 0.5) is 0 Å². The third-order valence-corrected chi connectivity index (χ3v) is 4.59. The van der Waals surface area contributed by atoms with Gasteiger partial charge in [-0.1, -0.05) is 30.7 Å². The molecule has 25 heavy (non-hydrogen) atoms. The lowest BCUT2D eigenvalue weighted by molar-refractivity contribution is -0.129. The maximum atomic E-state index is 11.8. The molecule has 1 amide bonds. The molecule has 0 bridgehead atoms. The quantitative estimate of drug-likeness (QED) is 0.405. The van der Waals surface area contributed by atoms with Crippen molar-refractivity contribution in [3.05, 3.63) is 34.9 Å². The van der Waals surface area contributed by atoms with E-state index >= 15 is 0 Å². The molecule has 2 N–H and O–H groups in total. The van der Waals surface area contributed by atoms with Gasteiger partial charge in [0.1, 0.15) is 0 Å². The van der Waals surface area contributed by atoms with Crippen LogP contribution in [0.1, 0.15) is 36.5 Å². The first-order valence-corrected chi connectivity index (χ1v) is 8.84. The Morgan fingerprint density at radius 2 is 2.12 bits per heavy atom. The van der Waals surface area contributed by atoms with Gasteiger partial charge in [0.25, 0.3) is 0 Å². The Morgan fingerprint density at radius 3 is 2.76 bits per heavy atom. The molecule has 1 heterocycles. The molecule has 5 nitrogen and oxygen atoms in total. The second kappa shape index (κ2) is 10.6. The van der Waals surface area contributed by atoms with E-state index in [1.54, 1.807) is 7.05 Å². The van der Waals surface area contributed by atoms with Crippen molar-refractivity contribution in [2.75, 3.05) is 26.7 Å². The summed E-state index contributed by atoms with van der Waals surface area (Å²) in [6, 6.07) is 6.87. The highest BCUT2D eigenvalue weighted by molar-refractivity contribution is 14.0. The van der Waals surface area contributed by atoms with E-state index < -0.39 is 0 Å². The molecule has 0 spiro atoms. The second-order valence-electron chi connectivity index (χ2n) is 6.50. The lowest BCUT2D eigenvalue weighted by Crippen LogP contribution is -2.45. The molecule has 1 aliphatic heterocycles.